The molecule has 452 valence electrons. The van der Waals surface area contributed by atoms with Crippen LogP contribution in [0, 0.1) is 0 Å². The highest BCUT2D eigenvalue weighted by Gasteiger charge is 2.47. The summed E-state index contributed by atoms with van der Waals surface area (Å²) in [5.41, 5.74) is 0. The van der Waals surface area contributed by atoms with E-state index in [1.807, 2.05) is 6.08 Å². The number of rotatable bonds is 56. The Kier molecular flexibility index (Phi) is 51.6. The first kappa shape index (κ1) is 72.9. The van der Waals surface area contributed by atoms with Crippen molar-refractivity contribution in [2.75, 3.05) is 13.2 Å². The molecule has 0 bridgehead atoms. The van der Waals surface area contributed by atoms with E-state index in [-0.39, 0.29) is 13.0 Å². The number of aliphatic hydroxyl groups is 5. The lowest BCUT2D eigenvalue weighted by atomic mass is 9.99. The van der Waals surface area contributed by atoms with E-state index in [1.54, 1.807) is 6.08 Å². The number of ether oxygens (including phenoxy) is 3. The molecule has 1 heterocycles. The number of hydrogen-bond donors (Lipinski definition) is 6. The van der Waals surface area contributed by atoms with Gasteiger partial charge in [0.25, 0.3) is 0 Å². The van der Waals surface area contributed by atoms with Gasteiger partial charge in [0, 0.05) is 6.42 Å². The van der Waals surface area contributed by atoms with Crippen molar-refractivity contribution in [3.8, 4) is 0 Å². The van der Waals surface area contributed by atoms with Gasteiger partial charge in [-0.1, -0.05) is 263 Å². The van der Waals surface area contributed by atoms with Gasteiger partial charge in [-0.2, -0.15) is 0 Å². The van der Waals surface area contributed by atoms with Gasteiger partial charge in [-0.3, -0.25) is 9.59 Å². The monoisotopic (exact) mass is 1090 g/mol. The van der Waals surface area contributed by atoms with Crippen LogP contribution in [0.25, 0.3) is 0 Å². The SMILES string of the molecule is CCCCCCCC/C=C/CCCCCCCCCCCCC(O)C(=O)NC(COC1OC(CO)C(O)C(O)C1OC(=O)CCCCCCCCC/C=C/CCCCCCCC)C(O)/C=C/CCCCCCCCCCC. The minimum absolute atomic E-state index is 0.121. The highest BCUT2D eigenvalue weighted by molar-refractivity contribution is 5.80. The number of unbranched alkanes of at least 4 members (excludes halogenated alkanes) is 38. The van der Waals surface area contributed by atoms with Crippen LogP contribution >= 0.6 is 0 Å². The number of esters is 1. The number of nitrogens with one attached hydrogen (secondary N) is 1. The summed E-state index contributed by atoms with van der Waals surface area (Å²) in [6.45, 7) is 5.80. The van der Waals surface area contributed by atoms with Gasteiger partial charge in [-0.05, 0) is 77.0 Å². The zero-order valence-electron chi connectivity index (χ0n) is 50.1. The largest absolute Gasteiger partial charge is 0.454 e. The Morgan fingerprint density at radius 2 is 0.857 bits per heavy atom. The quantitative estimate of drug-likeness (QED) is 0.0195. The van der Waals surface area contributed by atoms with E-state index >= 15 is 0 Å². The first-order chi connectivity index (χ1) is 37.7. The Balaban J connectivity index is 2.62. The van der Waals surface area contributed by atoms with E-state index in [2.05, 4.69) is 50.4 Å². The normalized spacial score (nSPS) is 19.2. The molecule has 0 aromatic heterocycles. The molecule has 1 rings (SSSR count). The summed E-state index contributed by atoms with van der Waals surface area (Å²) < 4.78 is 17.6. The Morgan fingerprint density at radius 3 is 1.26 bits per heavy atom. The van der Waals surface area contributed by atoms with Gasteiger partial charge in [-0.25, -0.2) is 0 Å². The number of carbonyl (C=O) groups is 2. The van der Waals surface area contributed by atoms with E-state index in [4.69, 9.17) is 14.2 Å². The molecule has 0 aromatic carbocycles. The summed E-state index contributed by atoms with van der Waals surface area (Å²) in [7, 11) is 0. The molecule has 8 atom stereocenters. The molecule has 1 aliphatic heterocycles. The van der Waals surface area contributed by atoms with Gasteiger partial charge in [0.2, 0.25) is 5.91 Å². The van der Waals surface area contributed by atoms with Crippen LogP contribution in [0.2, 0.25) is 0 Å². The Bertz CT molecular complexity index is 1390. The standard InChI is InChI=1S/C66H123NO10/c1-4-7-10-13-16-19-22-24-26-28-29-30-32-33-35-38-41-44-47-50-53-59(70)65(74)67-57(58(69)52-49-46-43-40-37-21-18-15-12-9-6-3)56-75-66-64(63(73)62(72)60(55-68)76-66)77-61(71)54-51-48-45-42-39-36-34-31-27-25-23-20-17-14-11-8-5-2/h24-27,49,52,57-60,62-64,66,68-70,72-73H,4-23,28-48,50-51,53-56H2,1-3H3,(H,67,74)/b26-24+,27-25+,52-49+. The van der Waals surface area contributed by atoms with E-state index in [0.29, 0.717) is 19.3 Å². The highest BCUT2D eigenvalue weighted by Crippen LogP contribution is 2.26. The first-order valence-electron chi connectivity index (χ1n) is 32.8. The number of carbonyl (C=O) groups excluding carboxylic acids is 2. The van der Waals surface area contributed by atoms with Gasteiger partial charge in [0.05, 0.1) is 25.4 Å². The van der Waals surface area contributed by atoms with Crippen molar-refractivity contribution in [1.29, 1.82) is 0 Å². The lowest BCUT2D eigenvalue weighted by Gasteiger charge is -2.41. The van der Waals surface area contributed by atoms with Crippen LogP contribution < -0.4 is 5.32 Å². The minimum atomic E-state index is -1.61. The van der Waals surface area contributed by atoms with Gasteiger partial charge in [0.15, 0.2) is 12.4 Å². The number of amides is 1. The predicted molar refractivity (Wildman–Crippen MR) is 320 cm³/mol. The van der Waals surface area contributed by atoms with Crippen molar-refractivity contribution in [2.24, 2.45) is 0 Å². The molecule has 77 heavy (non-hydrogen) atoms. The second-order valence-corrected chi connectivity index (χ2v) is 22.8. The van der Waals surface area contributed by atoms with Crippen LogP contribution in [0.1, 0.15) is 310 Å². The molecule has 11 nitrogen and oxygen atoms in total. The maximum atomic E-state index is 13.4. The summed E-state index contributed by atoms with van der Waals surface area (Å²) in [6.07, 6.45) is 54.7. The molecule has 1 aliphatic rings. The summed E-state index contributed by atoms with van der Waals surface area (Å²) in [4.78, 5) is 26.6. The van der Waals surface area contributed by atoms with Crippen molar-refractivity contribution < 1.29 is 49.3 Å². The fraction of sp³-hybridized carbons (Fsp3) is 0.879. The molecular formula is C66H123NO10. The Labute approximate surface area is 473 Å². The molecule has 0 aliphatic carbocycles. The molecule has 1 saturated heterocycles. The average Bonchev–Trinajstić information content (AvgIpc) is 3.43. The van der Waals surface area contributed by atoms with Crippen molar-refractivity contribution >= 4 is 11.9 Å². The topological polar surface area (TPSA) is 175 Å². The molecule has 1 amide bonds. The molecule has 1 fully saturated rings. The molecule has 11 heteroatoms. The lowest BCUT2D eigenvalue weighted by molar-refractivity contribution is -0.305. The average molecular weight is 1090 g/mol. The lowest BCUT2D eigenvalue weighted by Crippen LogP contribution is -2.61. The van der Waals surface area contributed by atoms with Crippen LogP contribution in [0.15, 0.2) is 36.5 Å². The highest BCUT2D eigenvalue weighted by atomic mass is 16.7. The van der Waals surface area contributed by atoms with Crippen LogP contribution in [0.5, 0.6) is 0 Å². The summed E-state index contributed by atoms with van der Waals surface area (Å²) >= 11 is 0. The van der Waals surface area contributed by atoms with Gasteiger partial charge < -0.3 is 45.1 Å². The maximum Gasteiger partial charge on any atom is 0.306 e. The summed E-state index contributed by atoms with van der Waals surface area (Å²) in [5, 5.41) is 57.0. The van der Waals surface area contributed by atoms with E-state index in [1.165, 1.54) is 193 Å². The fourth-order valence-electron chi connectivity index (χ4n) is 10.3. The fourth-order valence-corrected chi connectivity index (χ4v) is 10.3. The molecule has 0 saturated carbocycles. The van der Waals surface area contributed by atoms with Gasteiger partial charge in [0.1, 0.15) is 24.4 Å². The molecule has 0 radical (unpaired) electrons. The van der Waals surface area contributed by atoms with Gasteiger partial charge >= 0.3 is 5.97 Å². The van der Waals surface area contributed by atoms with Crippen LogP contribution in [-0.2, 0) is 23.8 Å². The van der Waals surface area contributed by atoms with Crippen LogP contribution in [0.4, 0.5) is 0 Å². The Morgan fingerprint density at radius 1 is 0.494 bits per heavy atom. The Hall–Kier alpha value is -2.12. The summed E-state index contributed by atoms with van der Waals surface area (Å²) in [5.74, 6) is -1.19. The minimum Gasteiger partial charge on any atom is -0.454 e. The third-order valence-corrected chi connectivity index (χ3v) is 15.5. The smallest absolute Gasteiger partial charge is 0.306 e. The van der Waals surface area contributed by atoms with E-state index in [9.17, 15) is 35.1 Å². The number of allylic oxidation sites excluding steroid dienone is 5. The number of aliphatic hydroxyl groups excluding tert-OH is 5. The third kappa shape index (κ3) is 42.4. The van der Waals surface area contributed by atoms with Gasteiger partial charge in [-0.15, -0.1) is 0 Å². The second kappa shape index (κ2) is 54.5. The van der Waals surface area contributed by atoms with E-state index in [0.717, 1.165) is 70.6 Å². The first-order valence-corrected chi connectivity index (χ1v) is 32.8. The molecule has 8 unspecified atom stereocenters. The number of hydrogen-bond acceptors (Lipinski definition) is 10. The van der Waals surface area contributed by atoms with Crippen molar-refractivity contribution in [1.82, 2.24) is 5.32 Å². The third-order valence-electron chi connectivity index (χ3n) is 15.5. The second-order valence-electron chi connectivity index (χ2n) is 22.8. The maximum absolute atomic E-state index is 13.4. The zero-order valence-corrected chi connectivity index (χ0v) is 50.1. The van der Waals surface area contributed by atoms with Crippen molar-refractivity contribution in [2.45, 2.75) is 359 Å². The van der Waals surface area contributed by atoms with Crippen molar-refractivity contribution in [3.63, 3.8) is 0 Å². The molecular weight excluding hydrogens is 967 g/mol. The molecule has 0 spiro atoms. The molecule has 0 aromatic rings. The van der Waals surface area contributed by atoms with Crippen LogP contribution in [0.3, 0.4) is 0 Å². The zero-order chi connectivity index (χ0) is 56.1. The van der Waals surface area contributed by atoms with Crippen LogP contribution in [-0.4, -0.2) is 99.6 Å². The molecule has 6 N–H and O–H groups in total. The summed E-state index contributed by atoms with van der Waals surface area (Å²) in [6, 6.07) is -1.02. The van der Waals surface area contributed by atoms with Crippen molar-refractivity contribution in [3.05, 3.63) is 36.5 Å². The predicted octanol–water partition coefficient (Wildman–Crippen LogP) is 15.8. The van der Waals surface area contributed by atoms with E-state index < -0.39 is 67.4 Å².